The first-order chi connectivity index (χ1) is 17.4. The third-order valence-electron chi connectivity index (χ3n) is 7.33. The van der Waals surface area contributed by atoms with Crippen molar-refractivity contribution >= 4 is 32.6 Å². The molecule has 0 N–H and O–H groups in total. The van der Waals surface area contributed by atoms with E-state index in [2.05, 4.69) is 126 Å². The molecule has 8 rings (SSSR count). The molecule has 0 atom stereocenters. The maximum absolute atomic E-state index is 5.22. The SMILES string of the molecule is c1ccc(-n2c3ccccc3c3ccc(-c4ccc5c(n4)-c4cccc6cccc-5c46)cc32)cc1. The van der Waals surface area contributed by atoms with Crippen LogP contribution in [0.3, 0.4) is 0 Å². The highest BCUT2D eigenvalue weighted by Gasteiger charge is 2.23. The Balaban J connectivity index is 1.37. The van der Waals surface area contributed by atoms with Crippen molar-refractivity contribution in [1.29, 1.82) is 0 Å². The lowest BCUT2D eigenvalue weighted by molar-refractivity contribution is 1.18. The maximum atomic E-state index is 5.22. The van der Waals surface area contributed by atoms with Gasteiger partial charge in [-0.2, -0.15) is 0 Å². The van der Waals surface area contributed by atoms with Crippen LogP contribution in [0.2, 0.25) is 0 Å². The second kappa shape index (κ2) is 6.91. The lowest BCUT2D eigenvalue weighted by atomic mass is 10.0. The molecule has 1 aliphatic rings. The van der Waals surface area contributed by atoms with E-state index in [-0.39, 0.29) is 0 Å². The van der Waals surface area contributed by atoms with E-state index in [1.54, 1.807) is 0 Å². The van der Waals surface area contributed by atoms with E-state index < -0.39 is 0 Å². The van der Waals surface area contributed by atoms with E-state index in [0.717, 1.165) is 17.0 Å². The van der Waals surface area contributed by atoms with E-state index in [4.69, 9.17) is 4.98 Å². The number of hydrogen-bond donors (Lipinski definition) is 0. The fourth-order valence-corrected chi connectivity index (χ4v) is 5.79. The molecule has 2 aromatic heterocycles. The topological polar surface area (TPSA) is 17.8 Å². The van der Waals surface area contributed by atoms with E-state index in [9.17, 15) is 0 Å². The van der Waals surface area contributed by atoms with Gasteiger partial charge < -0.3 is 4.57 Å². The van der Waals surface area contributed by atoms with Crippen LogP contribution in [-0.2, 0) is 0 Å². The summed E-state index contributed by atoms with van der Waals surface area (Å²) >= 11 is 0. The Hall–Kier alpha value is -4.69. The van der Waals surface area contributed by atoms with Crippen molar-refractivity contribution in [3.63, 3.8) is 0 Å². The Morgan fingerprint density at radius 2 is 1.29 bits per heavy atom. The molecular formula is C33H20N2. The first kappa shape index (κ1) is 18.7. The Morgan fingerprint density at radius 3 is 2.17 bits per heavy atom. The zero-order chi connectivity index (χ0) is 22.9. The van der Waals surface area contributed by atoms with Gasteiger partial charge in [0.05, 0.1) is 22.4 Å². The minimum absolute atomic E-state index is 1.00. The van der Waals surface area contributed by atoms with Gasteiger partial charge in [-0.05, 0) is 52.7 Å². The molecule has 35 heavy (non-hydrogen) atoms. The third kappa shape index (κ3) is 2.57. The molecule has 0 bridgehead atoms. The predicted octanol–water partition coefficient (Wildman–Crippen LogP) is 8.65. The van der Waals surface area contributed by atoms with Gasteiger partial charge >= 0.3 is 0 Å². The van der Waals surface area contributed by atoms with Gasteiger partial charge in [0.25, 0.3) is 0 Å². The first-order valence-corrected chi connectivity index (χ1v) is 12.0. The largest absolute Gasteiger partial charge is 0.309 e. The third-order valence-corrected chi connectivity index (χ3v) is 7.33. The minimum atomic E-state index is 1.00. The van der Waals surface area contributed by atoms with Crippen molar-refractivity contribution in [3.8, 4) is 39.3 Å². The molecule has 0 radical (unpaired) electrons. The number of hydrogen-bond acceptors (Lipinski definition) is 1. The van der Waals surface area contributed by atoms with Crippen molar-refractivity contribution in [1.82, 2.24) is 9.55 Å². The van der Waals surface area contributed by atoms with Crippen molar-refractivity contribution in [3.05, 3.63) is 121 Å². The van der Waals surface area contributed by atoms with E-state index >= 15 is 0 Å². The normalized spacial score (nSPS) is 12.0. The lowest BCUT2D eigenvalue weighted by Crippen LogP contribution is -1.94. The molecule has 2 heteroatoms. The molecule has 0 unspecified atom stereocenters. The molecule has 2 heterocycles. The molecule has 5 aromatic carbocycles. The number of para-hydroxylation sites is 2. The summed E-state index contributed by atoms with van der Waals surface area (Å²) in [6.45, 7) is 0. The summed E-state index contributed by atoms with van der Waals surface area (Å²) in [7, 11) is 0. The van der Waals surface area contributed by atoms with Gasteiger partial charge in [0.1, 0.15) is 0 Å². The summed E-state index contributed by atoms with van der Waals surface area (Å²) in [5, 5.41) is 5.11. The van der Waals surface area contributed by atoms with Gasteiger partial charge in [0.15, 0.2) is 0 Å². The van der Waals surface area contributed by atoms with Crippen LogP contribution in [0.15, 0.2) is 121 Å². The fraction of sp³-hybridized carbons (Fsp3) is 0. The number of benzene rings is 5. The van der Waals surface area contributed by atoms with Crippen molar-refractivity contribution in [2.45, 2.75) is 0 Å². The smallest absolute Gasteiger partial charge is 0.0794 e. The van der Waals surface area contributed by atoms with Gasteiger partial charge in [0, 0.05) is 33.2 Å². The van der Waals surface area contributed by atoms with Crippen LogP contribution in [-0.4, -0.2) is 9.55 Å². The van der Waals surface area contributed by atoms with Gasteiger partial charge in [0.2, 0.25) is 0 Å². The summed E-state index contributed by atoms with van der Waals surface area (Å²) in [6, 6.07) is 43.5. The van der Waals surface area contributed by atoms with E-state index in [1.165, 1.54) is 55.0 Å². The molecule has 162 valence electrons. The van der Waals surface area contributed by atoms with Gasteiger partial charge in [-0.3, -0.25) is 0 Å². The van der Waals surface area contributed by atoms with Crippen LogP contribution >= 0.6 is 0 Å². The average Bonchev–Trinajstić information content (AvgIpc) is 3.43. The van der Waals surface area contributed by atoms with Crippen LogP contribution in [0.5, 0.6) is 0 Å². The average molecular weight is 445 g/mol. The lowest BCUT2D eigenvalue weighted by Gasteiger charge is -2.09. The molecule has 0 spiro atoms. The molecule has 0 saturated carbocycles. The zero-order valence-electron chi connectivity index (χ0n) is 18.9. The maximum Gasteiger partial charge on any atom is 0.0794 e. The molecule has 0 saturated heterocycles. The second-order valence-electron chi connectivity index (χ2n) is 9.22. The summed E-state index contributed by atoms with van der Waals surface area (Å²) in [5.41, 5.74) is 10.5. The quantitative estimate of drug-likeness (QED) is 0.261. The van der Waals surface area contributed by atoms with Gasteiger partial charge in [-0.15, -0.1) is 0 Å². The summed E-state index contributed by atoms with van der Waals surface area (Å²) in [6.07, 6.45) is 0. The van der Waals surface area contributed by atoms with Gasteiger partial charge in [-0.1, -0.05) is 84.9 Å². The highest BCUT2D eigenvalue weighted by atomic mass is 15.0. The Morgan fingerprint density at radius 1 is 0.514 bits per heavy atom. The van der Waals surface area contributed by atoms with Crippen molar-refractivity contribution in [2.75, 3.05) is 0 Å². The molecule has 0 aliphatic heterocycles. The Labute approximate surface area is 202 Å². The Bertz CT molecular complexity index is 1940. The second-order valence-corrected chi connectivity index (χ2v) is 9.22. The van der Waals surface area contributed by atoms with Gasteiger partial charge in [-0.25, -0.2) is 4.98 Å². The van der Waals surface area contributed by atoms with E-state index in [0.29, 0.717) is 0 Å². The molecular weight excluding hydrogens is 424 g/mol. The molecule has 0 amide bonds. The van der Waals surface area contributed by atoms with Crippen molar-refractivity contribution < 1.29 is 0 Å². The monoisotopic (exact) mass is 444 g/mol. The number of aromatic nitrogens is 2. The fourth-order valence-electron chi connectivity index (χ4n) is 5.79. The van der Waals surface area contributed by atoms with Crippen molar-refractivity contribution in [2.24, 2.45) is 0 Å². The van der Waals surface area contributed by atoms with Crippen LogP contribution in [0.1, 0.15) is 0 Å². The number of fused-ring (bicyclic) bond motifs is 6. The minimum Gasteiger partial charge on any atom is -0.309 e. The summed E-state index contributed by atoms with van der Waals surface area (Å²) in [4.78, 5) is 5.22. The predicted molar refractivity (Wildman–Crippen MR) is 146 cm³/mol. The van der Waals surface area contributed by atoms with Crippen LogP contribution in [0, 0.1) is 0 Å². The number of rotatable bonds is 2. The molecule has 2 nitrogen and oxygen atoms in total. The molecule has 7 aromatic rings. The molecule has 0 fully saturated rings. The molecule has 1 aliphatic carbocycles. The summed E-state index contributed by atoms with van der Waals surface area (Å²) in [5.74, 6) is 0. The number of pyridine rings is 1. The standard InChI is InChI=1S/C33H20N2/c1-2-10-23(11-3-1)35-30-15-5-4-12-24(30)25-17-16-22(20-31(25)35)29-19-18-27-26-13-6-8-21-9-7-14-28(32(21)26)33(27)34-29/h1-20H. The highest BCUT2D eigenvalue weighted by Crippen LogP contribution is 2.46. The van der Waals surface area contributed by atoms with Crippen LogP contribution in [0.4, 0.5) is 0 Å². The van der Waals surface area contributed by atoms with Crippen LogP contribution in [0.25, 0.3) is 71.9 Å². The van der Waals surface area contributed by atoms with E-state index in [1.807, 2.05) is 0 Å². The highest BCUT2D eigenvalue weighted by molar-refractivity contribution is 6.14. The first-order valence-electron chi connectivity index (χ1n) is 12.0. The Kier molecular flexibility index (Phi) is 3.69. The summed E-state index contributed by atoms with van der Waals surface area (Å²) < 4.78 is 2.36. The number of nitrogens with zero attached hydrogens (tertiary/aromatic N) is 2. The zero-order valence-corrected chi connectivity index (χ0v) is 18.9. The van der Waals surface area contributed by atoms with Crippen LogP contribution < -0.4 is 0 Å².